The van der Waals surface area contributed by atoms with Gasteiger partial charge in [-0.1, -0.05) is 44.5 Å². The number of ketones is 1. The minimum atomic E-state index is -0.983. The Morgan fingerprint density at radius 2 is 1.87 bits per heavy atom. The molecule has 30 heavy (non-hydrogen) atoms. The molecule has 0 radical (unpaired) electrons. The Labute approximate surface area is 175 Å². The smallest absolute Gasteiger partial charge is 0.336 e. The number of nitrogens with zero attached hydrogens (tertiary/aromatic N) is 4. The van der Waals surface area contributed by atoms with Crippen LogP contribution in [0.15, 0.2) is 42.6 Å². The fraction of sp³-hybridized carbons (Fsp3) is 0.348. The first-order chi connectivity index (χ1) is 14.5. The lowest BCUT2D eigenvalue weighted by molar-refractivity contribution is 0.0697. The van der Waals surface area contributed by atoms with Crippen LogP contribution in [0, 0.1) is 0 Å². The minimum Gasteiger partial charge on any atom is -0.478 e. The van der Waals surface area contributed by atoms with Crippen molar-refractivity contribution < 1.29 is 14.7 Å². The highest BCUT2D eigenvalue weighted by molar-refractivity contribution is 5.95. The first-order valence-corrected chi connectivity index (χ1v) is 10.3. The Bertz CT molecular complexity index is 1030. The first kappa shape index (κ1) is 21.4. The van der Waals surface area contributed by atoms with Crippen molar-refractivity contribution in [3.8, 4) is 11.3 Å². The number of hydrogen-bond acceptors (Lipinski definition) is 5. The van der Waals surface area contributed by atoms with Crippen LogP contribution in [0.25, 0.3) is 11.3 Å². The average molecular weight is 406 g/mol. The summed E-state index contributed by atoms with van der Waals surface area (Å²) >= 11 is 0. The van der Waals surface area contributed by atoms with Gasteiger partial charge in [0.05, 0.1) is 17.8 Å². The van der Waals surface area contributed by atoms with E-state index >= 15 is 0 Å². The van der Waals surface area contributed by atoms with Crippen LogP contribution in [0.4, 0.5) is 0 Å². The quantitative estimate of drug-likeness (QED) is 0.501. The number of hydrogen-bond donors (Lipinski definition) is 1. The summed E-state index contributed by atoms with van der Waals surface area (Å²) in [6.07, 6.45) is 5.61. The summed E-state index contributed by atoms with van der Waals surface area (Å²) < 4.78 is 1.77. The number of pyridine rings is 1. The molecule has 0 aliphatic rings. The monoisotopic (exact) mass is 406 g/mol. The number of benzene rings is 1. The molecule has 0 saturated heterocycles. The molecule has 0 fully saturated rings. The van der Waals surface area contributed by atoms with Crippen molar-refractivity contribution in [3.05, 3.63) is 65.4 Å². The molecule has 0 unspecified atom stereocenters. The average Bonchev–Trinajstić information content (AvgIpc) is 3.15. The number of aromatic carboxylic acids is 1. The van der Waals surface area contributed by atoms with Crippen molar-refractivity contribution in [1.82, 2.24) is 19.7 Å². The summed E-state index contributed by atoms with van der Waals surface area (Å²) in [5.41, 5.74) is 2.29. The van der Waals surface area contributed by atoms with E-state index in [4.69, 9.17) is 0 Å². The number of unbranched alkanes of at least 4 members (excludes halogenated alkanes) is 1. The van der Waals surface area contributed by atoms with Gasteiger partial charge in [0.25, 0.3) is 0 Å². The van der Waals surface area contributed by atoms with Gasteiger partial charge < -0.3 is 5.11 Å². The molecule has 3 rings (SSSR count). The number of carboxylic acids is 1. The fourth-order valence-electron chi connectivity index (χ4n) is 3.22. The molecule has 0 saturated carbocycles. The zero-order valence-corrected chi connectivity index (χ0v) is 17.3. The predicted octanol–water partition coefficient (Wildman–Crippen LogP) is 4.41. The van der Waals surface area contributed by atoms with Gasteiger partial charge >= 0.3 is 5.97 Å². The Morgan fingerprint density at radius 1 is 1.07 bits per heavy atom. The number of aromatic nitrogens is 4. The van der Waals surface area contributed by atoms with Crippen LogP contribution in [-0.2, 0) is 13.0 Å². The molecule has 0 amide bonds. The summed E-state index contributed by atoms with van der Waals surface area (Å²) in [7, 11) is 0. The molecule has 0 aliphatic carbocycles. The van der Waals surface area contributed by atoms with Gasteiger partial charge in [0.2, 0.25) is 11.6 Å². The highest BCUT2D eigenvalue weighted by Gasteiger charge is 2.16. The van der Waals surface area contributed by atoms with Gasteiger partial charge in [0, 0.05) is 24.6 Å². The predicted molar refractivity (Wildman–Crippen MR) is 114 cm³/mol. The largest absolute Gasteiger partial charge is 0.478 e. The number of Topliss-reactive ketones (excluding diaryl/α,β-unsaturated/α-hetero) is 1. The molecular formula is C23H26N4O3. The van der Waals surface area contributed by atoms with Crippen LogP contribution in [0.5, 0.6) is 0 Å². The third-order valence-corrected chi connectivity index (χ3v) is 4.82. The van der Waals surface area contributed by atoms with Crippen molar-refractivity contribution in [1.29, 1.82) is 0 Å². The maximum Gasteiger partial charge on any atom is 0.336 e. The molecule has 0 aliphatic heterocycles. The van der Waals surface area contributed by atoms with Gasteiger partial charge in [-0.3, -0.25) is 9.78 Å². The second kappa shape index (κ2) is 9.91. The Hall–Kier alpha value is -3.35. The molecule has 7 nitrogen and oxygen atoms in total. The van der Waals surface area contributed by atoms with Gasteiger partial charge in [0.15, 0.2) is 0 Å². The van der Waals surface area contributed by atoms with Gasteiger partial charge in [-0.15, -0.1) is 5.10 Å². The van der Waals surface area contributed by atoms with Gasteiger partial charge in [-0.05, 0) is 30.5 Å². The van der Waals surface area contributed by atoms with Crippen molar-refractivity contribution in [3.63, 3.8) is 0 Å². The van der Waals surface area contributed by atoms with Crippen molar-refractivity contribution in [2.75, 3.05) is 0 Å². The van der Waals surface area contributed by atoms with E-state index in [1.165, 1.54) is 0 Å². The van der Waals surface area contributed by atoms with E-state index in [1.54, 1.807) is 41.2 Å². The molecule has 2 heterocycles. The molecule has 156 valence electrons. The van der Waals surface area contributed by atoms with Crippen LogP contribution in [0.2, 0.25) is 0 Å². The van der Waals surface area contributed by atoms with E-state index < -0.39 is 5.97 Å². The normalized spacial score (nSPS) is 10.9. The number of carboxylic acid groups (broad SMARTS) is 1. The van der Waals surface area contributed by atoms with Gasteiger partial charge in [-0.2, -0.15) is 0 Å². The Morgan fingerprint density at radius 3 is 2.53 bits per heavy atom. The van der Waals surface area contributed by atoms with E-state index in [9.17, 15) is 14.7 Å². The zero-order valence-electron chi connectivity index (χ0n) is 17.3. The van der Waals surface area contributed by atoms with Crippen LogP contribution in [0.3, 0.4) is 0 Å². The summed E-state index contributed by atoms with van der Waals surface area (Å²) in [5.74, 6) is 0.0692. The molecule has 2 aromatic heterocycles. The summed E-state index contributed by atoms with van der Waals surface area (Å²) in [6, 6.07) is 10.5. The molecule has 7 heteroatoms. The molecule has 1 aromatic carbocycles. The lowest BCUT2D eigenvalue weighted by atomic mass is 10.0. The third-order valence-electron chi connectivity index (χ3n) is 4.82. The number of aryl methyl sites for hydroxylation is 1. The molecule has 1 N–H and O–H groups in total. The standard InChI is InChI=1S/C23H26N4O3/c1-3-5-11-20(28)22-25-21(8-4-2)27(26-22)15-16-12-13-19(24-14-16)17-9-6-7-10-18(17)23(29)30/h6-7,9-10,12-14H,3-5,8,11,15H2,1-2H3,(H,29,30). The molecule has 3 aromatic rings. The molecular weight excluding hydrogens is 380 g/mol. The van der Waals surface area contributed by atoms with Crippen LogP contribution < -0.4 is 0 Å². The van der Waals surface area contributed by atoms with Gasteiger partial charge in [0.1, 0.15) is 5.82 Å². The van der Waals surface area contributed by atoms with E-state index in [0.717, 1.165) is 37.1 Å². The summed E-state index contributed by atoms with van der Waals surface area (Å²) in [5, 5.41) is 13.8. The highest BCUT2D eigenvalue weighted by atomic mass is 16.4. The summed E-state index contributed by atoms with van der Waals surface area (Å²) in [6.45, 7) is 4.57. The Balaban J connectivity index is 1.82. The van der Waals surface area contributed by atoms with Crippen LogP contribution in [0.1, 0.15) is 71.9 Å². The van der Waals surface area contributed by atoms with E-state index in [2.05, 4.69) is 22.0 Å². The Kier molecular flexibility index (Phi) is 7.06. The molecule has 0 atom stereocenters. The maximum atomic E-state index is 12.3. The van der Waals surface area contributed by atoms with E-state index in [0.29, 0.717) is 24.2 Å². The van der Waals surface area contributed by atoms with Crippen LogP contribution in [-0.4, -0.2) is 36.6 Å². The lowest BCUT2D eigenvalue weighted by Gasteiger charge is -2.08. The molecule has 0 bridgehead atoms. The second-order valence-electron chi connectivity index (χ2n) is 7.19. The SMILES string of the molecule is CCCCC(=O)c1nc(CCC)n(Cc2ccc(-c3ccccc3C(=O)O)nc2)n1. The van der Waals surface area contributed by atoms with Crippen molar-refractivity contribution in [2.45, 2.75) is 52.5 Å². The van der Waals surface area contributed by atoms with Crippen molar-refractivity contribution >= 4 is 11.8 Å². The second-order valence-corrected chi connectivity index (χ2v) is 7.19. The number of carbonyl (C=O) groups excluding carboxylic acids is 1. The lowest BCUT2D eigenvalue weighted by Crippen LogP contribution is -2.08. The fourth-order valence-corrected chi connectivity index (χ4v) is 3.22. The highest BCUT2D eigenvalue weighted by Crippen LogP contribution is 2.22. The maximum absolute atomic E-state index is 12.3. The van der Waals surface area contributed by atoms with Crippen molar-refractivity contribution in [2.24, 2.45) is 0 Å². The third kappa shape index (κ3) is 4.97. The number of rotatable bonds is 10. The van der Waals surface area contributed by atoms with Gasteiger partial charge in [-0.25, -0.2) is 14.5 Å². The van der Waals surface area contributed by atoms with E-state index in [1.807, 2.05) is 13.0 Å². The zero-order chi connectivity index (χ0) is 21.5. The minimum absolute atomic E-state index is 0.0216. The molecule has 0 spiro atoms. The summed E-state index contributed by atoms with van der Waals surface area (Å²) in [4.78, 5) is 32.7. The topological polar surface area (TPSA) is 98.0 Å². The van der Waals surface area contributed by atoms with E-state index in [-0.39, 0.29) is 17.2 Å². The van der Waals surface area contributed by atoms with Crippen LogP contribution >= 0.6 is 0 Å². The first-order valence-electron chi connectivity index (χ1n) is 10.3. The number of carbonyl (C=O) groups is 2.